The molecular formula is C19H19N3O3S. The van der Waals surface area contributed by atoms with Crippen molar-refractivity contribution in [2.75, 3.05) is 13.1 Å². The summed E-state index contributed by atoms with van der Waals surface area (Å²) in [5, 5.41) is 4.00. The zero-order valence-electron chi connectivity index (χ0n) is 14.6. The molecule has 0 amide bonds. The van der Waals surface area contributed by atoms with Gasteiger partial charge in [0.25, 0.3) is 0 Å². The molecule has 0 atom stereocenters. The Kier molecular flexibility index (Phi) is 4.13. The second-order valence-electron chi connectivity index (χ2n) is 6.61. The molecule has 0 saturated carbocycles. The van der Waals surface area contributed by atoms with Gasteiger partial charge in [-0.2, -0.15) is 9.29 Å². The zero-order valence-corrected chi connectivity index (χ0v) is 15.4. The van der Waals surface area contributed by atoms with Crippen LogP contribution in [0.3, 0.4) is 0 Å². The highest BCUT2D eigenvalue weighted by Gasteiger charge is 2.40. The normalized spacial score (nSPS) is 15.8. The maximum Gasteiger partial charge on any atom is 0.243 e. The van der Waals surface area contributed by atoms with Gasteiger partial charge in [0, 0.05) is 18.7 Å². The second kappa shape index (κ2) is 6.34. The number of hydrogen-bond acceptors (Lipinski definition) is 5. The molecule has 1 aliphatic heterocycles. The van der Waals surface area contributed by atoms with Gasteiger partial charge in [-0.1, -0.05) is 53.2 Å². The summed E-state index contributed by atoms with van der Waals surface area (Å²) in [5.41, 5.74) is 2.68. The van der Waals surface area contributed by atoms with Gasteiger partial charge >= 0.3 is 0 Å². The lowest BCUT2D eigenvalue weighted by Crippen LogP contribution is -2.48. The summed E-state index contributed by atoms with van der Waals surface area (Å²) in [6.07, 6.45) is 0. The highest BCUT2D eigenvalue weighted by atomic mass is 32.2. The first-order chi connectivity index (χ1) is 12.4. The van der Waals surface area contributed by atoms with Crippen LogP contribution in [0.15, 0.2) is 57.9 Å². The molecule has 6 nitrogen and oxygen atoms in total. The Labute approximate surface area is 152 Å². The molecule has 1 saturated heterocycles. The highest BCUT2D eigenvalue weighted by molar-refractivity contribution is 7.89. The molecule has 26 heavy (non-hydrogen) atoms. The predicted octanol–water partition coefficient (Wildman–Crippen LogP) is 3.14. The SMILES string of the molecule is Cc1ccc(S(=O)(=O)N2CC(c3nc(-c4ccccc4)no3)C2)c(C)c1. The Morgan fingerprint density at radius 1 is 1.08 bits per heavy atom. The zero-order chi connectivity index (χ0) is 18.3. The van der Waals surface area contributed by atoms with Gasteiger partial charge in [-0.3, -0.25) is 0 Å². The highest BCUT2D eigenvalue weighted by Crippen LogP contribution is 2.33. The molecule has 0 aliphatic carbocycles. The van der Waals surface area contributed by atoms with E-state index in [9.17, 15) is 8.42 Å². The van der Waals surface area contributed by atoms with Crippen molar-refractivity contribution in [1.82, 2.24) is 14.4 Å². The lowest BCUT2D eigenvalue weighted by molar-refractivity contribution is 0.216. The maximum atomic E-state index is 12.8. The topological polar surface area (TPSA) is 76.3 Å². The number of hydrogen-bond donors (Lipinski definition) is 0. The molecule has 2 heterocycles. The summed E-state index contributed by atoms with van der Waals surface area (Å²) in [7, 11) is -3.49. The summed E-state index contributed by atoms with van der Waals surface area (Å²) in [6.45, 7) is 4.47. The third kappa shape index (κ3) is 2.93. The van der Waals surface area contributed by atoms with Gasteiger partial charge in [0.15, 0.2) is 0 Å². The Morgan fingerprint density at radius 2 is 1.81 bits per heavy atom. The van der Waals surface area contributed by atoms with Crippen LogP contribution in [0.4, 0.5) is 0 Å². The molecule has 1 aliphatic rings. The third-order valence-electron chi connectivity index (χ3n) is 4.62. The van der Waals surface area contributed by atoms with E-state index in [-0.39, 0.29) is 5.92 Å². The first-order valence-corrected chi connectivity index (χ1v) is 9.85. The van der Waals surface area contributed by atoms with Crippen molar-refractivity contribution in [1.29, 1.82) is 0 Å². The van der Waals surface area contributed by atoms with Gasteiger partial charge in [0.05, 0.1) is 10.8 Å². The maximum absolute atomic E-state index is 12.8. The molecule has 1 aromatic heterocycles. The monoisotopic (exact) mass is 369 g/mol. The van der Waals surface area contributed by atoms with E-state index in [4.69, 9.17) is 4.52 Å². The number of aromatic nitrogens is 2. The van der Waals surface area contributed by atoms with Gasteiger partial charge in [0.2, 0.25) is 21.7 Å². The van der Waals surface area contributed by atoms with Crippen molar-refractivity contribution in [3.05, 3.63) is 65.5 Å². The number of rotatable bonds is 4. The minimum atomic E-state index is -3.49. The van der Waals surface area contributed by atoms with Crippen LogP contribution in [0, 0.1) is 13.8 Å². The smallest absolute Gasteiger partial charge is 0.243 e. The quantitative estimate of drug-likeness (QED) is 0.706. The number of aryl methyl sites for hydroxylation is 2. The van der Waals surface area contributed by atoms with E-state index in [2.05, 4.69) is 10.1 Å². The summed E-state index contributed by atoms with van der Waals surface area (Å²) < 4.78 is 32.4. The fraction of sp³-hybridized carbons (Fsp3) is 0.263. The molecule has 0 radical (unpaired) electrons. The largest absolute Gasteiger partial charge is 0.339 e. The Hall–Kier alpha value is -2.51. The number of benzene rings is 2. The molecule has 2 aromatic carbocycles. The molecular weight excluding hydrogens is 350 g/mol. The Morgan fingerprint density at radius 3 is 2.50 bits per heavy atom. The van der Waals surface area contributed by atoms with E-state index < -0.39 is 10.0 Å². The average Bonchev–Trinajstić information content (AvgIpc) is 3.03. The molecule has 0 unspecified atom stereocenters. The first-order valence-electron chi connectivity index (χ1n) is 8.41. The first kappa shape index (κ1) is 16.9. The fourth-order valence-electron chi connectivity index (χ4n) is 3.12. The van der Waals surface area contributed by atoms with Gasteiger partial charge in [0.1, 0.15) is 0 Å². The van der Waals surface area contributed by atoms with E-state index >= 15 is 0 Å². The van der Waals surface area contributed by atoms with Crippen LogP contribution >= 0.6 is 0 Å². The summed E-state index contributed by atoms with van der Waals surface area (Å²) >= 11 is 0. The van der Waals surface area contributed by atoms with Crippen LogP contribution in [0.25, 0.3) is 11.4 Å². The Bertz CT molecular complexity index is 1040. The van der Waals surface area contributed by atoms with Crippen LogP contribution < -0.4 is 0 Å². The van der Waals surface area contributed by atoms with Gasteiger partial charge in [-0.05, 0) is 25.5 Å². The third-order valence-corrected chi connectivity index (χ3v) is 6.61. The average molecular weight is 369 g/mol. The second-order valence-corrected chi connectivity index (χ2v) is 8.52. The number of sulfonamides is 1. The van der Waals surface area contributed by atoms with E-state index in [1.54, 1.807) is 6.07 Å². The molecule has 0 N–H and O–H groups in total. The molecule has 134 valence electrons. The summed E-state index contributed by atoms with van der Waals surface area (Å²) in [4.78, 5) is 4.78. The molecule has 7 heteroatoms. The van der Waals surface area contributed by atoms with Crippen LogP contribution in [0.1, 0.15) is 22.9 Å². The minimum Gasteiger partial charge on any atom is -0.339 e. The lowest BCUT2D eigenvalue weighted by atomic mass is 10.0. The summed E-state index contributed by atoms with van der Waals surface area (Å²) in [6, 6.07) is 14.9. The minimum absolute atomic E-state index is 0.0690. The van der Waals surface area contributed by atoms with Crippen LogP contribution in [-0.2, 0) is 10.0 Å². The number of nitrogens with zero attached hydrogens (tertiary/aromatic N) is 3. The fourth-order valence-corrected chi connectivity index (χ4v) is 4.86. The summed E-state index contributed by atoms with van der Waals surface area (Å²) in [5.74, 6) is 0.938. The molecule has 0 bridgehead atoms. The van der Waals surface area contributed by atoms with Crippen LogP contribution in [0.5, 0.6) is 0 Å². The van der Waals surface area contributed by atoms with Crippen molar-refractivity contribution in [3.63, 3.8) is 0 Å². The molecule has 0 spiro atoms. The standard InChI is InChI=1S/C19H19N3O3S/c1-13-8-9-17(14(2)10-13)26(23,24)22-11-16(12-22)19-20-18(21-25-19)15-6-4-3-5-7-15/h3-10,16H,11-12H2,1-2H3. The van der Waals surface area contributed by atoms with E-state index in [0.29, 0.717) is 29.7 Å². The van der Waals surface area contributed by atoms with Crippen molar-refractivity contribution in [3.8, 4) is 11.4 Å². The van der Waals surface area contributed by atoms with Crippen molar-refractivity contribution in [2.45, 2.75) is 24.7 Å². The van der Waals surface area contributed by atoms with Gasteiger partial charge < -0.3 is 4.52 Å². The van der Waals surface area contributed by atoms with Crippen molar-refractivity contribution < 1.29 is 12.9 Å². The van der Waals surface area contributed by atoms with Gasteiger partial charge in [-0.15, -0.1) is 0 Å². The van der Waals surface area contributed by atoms with E-state index in [1.165, 1.54) is 4.31 Å². The molecule has 3 aromatic rings. The van der Waals surface area contributed by atoms with Crippen molar-refractivity contribution in [2.24, 2.45) is 0 Å². The molecule has 1 fully saturated rings. The van der Waals surface area contributed by atoms with E-state index in [0.717, 1.165) is 16.7 Å². The van der Waals surface area contributed by atoms with Crippen LogP contribution in [0.2, 0.25) is 0 Å². The Balaban J connectivity index is 1.49. The lowest BCUT2D eigenvalue weighted by Gasteiger charge is -2.36. The van der Waals surface area contributed by atoms with Crippen LogP contribution in [-0.4, -0.2) is 36.0 Å². The predicted molar refractivity (Wildman–Crippen MR) is 97.1 cm³/mol. The molecule has 4 rings (SSSR count). The van der Waals surface area contributed by atoms with Gasteiger partial charge in [-0.25, -0.2) is 8.42 Å². The van der Waals surface area contributed by atoms with E-state index in [1.807, 2.05) is 56.3 Å². The van der Waals surface area contributed by atoms with Crippen molar-refractivity contribution >= 4 is 10.0 Å².